The summed E-state index contributed by atoms with van der Waals surface area (Å²) in [4.78, 5) is 13.1. The Hall–Kier alpha value is -3.89. The highest BCUT2D eigenvalue weighted by Crippen LogP contribution is 2.21. The predicted molar refractivity (Wildman–Crippen MR) is 133 cm³/mol. The van der Waals surface area contributed by atoms with E-state index in [0.717, 1.165) is 27.7 Å². The van der Waals surface area contributed by atoms with Gasteiger partial charge < -0.3 is 9.13 Å². The largest absolute Gasteiger partial charge is 0.306 e. The molecule has 0 bridgehead atoms. The number of fused-ring (bicyclic) bond motifs is 1. The maximum absolute atomic E-state index is 13.1. The number of imidazole rings is 1. The highest BCUT2D eigenvalue weighted by Gasteiger charge is 2.15. The first kappa shape index (κ1) is 21.0. The number of rotatable bonds is 6. The van der Waals surface area contributed by atoms with Crippen LogP contribution < -0.4 is 5.62 Å². The molecule has 0 aliphatic heterocycles. The van der Waals surface area contributed by atoms with E-state index < -0.39 is 0 Å². The van der Waals surface area contributed by atoms with E-state index in [1.165, 1.54) is 0 Å². The maximum atomic E-state index is 13.1. The minimum absolute atomic E-state index is 0.0336. The lowest BCUT2D eigenvalue weighted by atomic mass is 10.0. The van der Waals surface area contributed by atoms with Crippen LogP contribution in [-0.4, -0.2) is 14.9 Å². The average molecular weight is 452 g/mol. The Labute approximate surface area is 196 Å². The number of ketones is 1. The highest BCUT2D eigenvalue weighted by atomic mass is 35.5. The third kappa shape index (κ3) is 4.13. The third-order valence-corrected chi connectivity index (χ3v) is 6.25. The summed E-state index contributed by atoms with van der Waals surface area (Å²) in [6, 6.07) is 33.2. The molecule has 162 valence electrons. The molecule has 1 aromatic heterocycles. The lowest BCUT2D eigenvalue weighted by Gasteiger charge is -2.07. The van der Waals surface area contributed by atoms with Crippen LogP contribution in [-0.2, 0) is 13.1 Å². The van der Waals surface area contributed by atoms with Gasteiger partial charge in [-0.2, -0.15) is 0 Å². The summed E-state index contributed by atoms with van der Waals surface area (Å²) < 4.78 is 3.65. The molecule has 5 heteroatoms. The van der Waals surface area contributed by atoms with Crippen molar-refractivity contribution in [2.75, 3.05) is 0 Å². The molecule has 5 aromatic rings. The fraction of sp³-hybridized carbons (Fsp3) is 0.0714. The van der Waals surface area contributed by atoms with E-state index in [4.69, 9.17) is 17.0 Å². The summed E-state index contributed by atoms with van der Waals surface area (Å²) in [6.45, 7) is 0.561. The fourth-order valence-corrected chi connectivity index (χ4v) is 4.32. The summed E-state index contributed by atoms with van der Waals surface area (Å²) in [7, 11) is 0. The average Bonchev–Trinajstić information content (AvgIpc) is 3.12. The van der Waals surface area contributed by atoms with E-state index in [2.05, 4.69) is 0 Å². The third-order valence-electron chi connectivity index (χ3n) is 5.88. The number of Topliss-reactive ketones (excluding diaryl/α,β-unsaturated/α-hetero) is 1. The predicted octanol–water partition coefficient (Wildman–Crippen LogP) is 6.17. The van der Waals surface area contributed by atoms with Gasteiger partial charge in [0, 0.05) is 10.6 Å². The number of nitrogens with one attached hydrogen (secondary N) is 1. The Morgan fingerprint density at radius 1 is 0.697 bits per heavy atom. The Bertz CT molecular complexity index is 1500. The molecule has 0 saturated carbocycles. The van der Waals surface area contributed by atoms with E-state index in [1.807, 2.05) is 108 Å². The minimum Gasteiger partial charge on any atom is -0.306 e. The van der Waals surface area contributed by atoms with Gasteiger partial charge in [0.15, 0.2) is 5.78 Å². The van der Waals surface area contributed by atoms with Gasteiger partial charge >= 0.3 is 0 Å². The van der Waals surface area contributed by atoms with Crippen LogP contribution in [0.15, 0.2) is 103 Å². The summed E-state index contributed by atoms with van der Waals surface area (Å²) in [5.41, 5.74) is 5.76. The molecule has 0 amide bonds. The quantitative estimate of drug-likeness (QED) is 0.308. The second-order valence-corrected chi connectivity index (χ2v) is 8.35. The fourth-order valence-electron chi connectivity index (χ4n) is 4.13. The number of carbonyl (C=O) groups is 1. The van der Waals surface area contributed by atoms with Crippen molar-refractivity contribution < 1.29 is 4.79 Å². The zero-order chi connectivity index (χ0) is 22.8. The lowest BCUT2D eigenvalue weighted by molar-refractivity contribution is 0.0971. The first-order valence-electron chi connectivity index (χ1n) is 10.8. The first-order chi connectivity index (χ1) is 16.1. The van der Waals surface area contributed by atoms with Crippen molar-refractivity contribution in [3.8, 4) is 11.1 Å². The number of aromatic nitrogens is 2. The van der Waals surface area contributed by atoms with E-state index in [9.17, 15) is 4.79 Å². The molecule has 0 fully saturated rings. The van der Waals surface area contributed by atoms with Gasteiger partial charge in [-0.05, 0) is 34.9 Å². The van der Waals surface area contributed by atoms with Gasteiger partial charge in [0.2, 0.25) is 5.62 Å². The van der Waals surface area contributed by atoms with E-state index in [0.29, 0.717) is 17.1 Å². The van der Waals surface area contributed by atoms with Crippen molar-refractivity contribution >= 4 is 28.4 Å². The number of benzene rings is 4. The second-order valence-electron chi connectivity index (χ2n) is 7.94. The van der Waals surface area contributed by atoms with Crippen molar-refractivity contribution in [3.05, 3.63) is 125 Å². The molecule has 4 nitrogen and oxygen atoms in total. The molecule has 0 saturated heterocycles. The summed E-state index contributed by atoms with van der Waals surface area (Å²) >= 11 is 6.37. The van der Waals surface area contributed by atoms with Crippen molar-refractivity contribution in [3.63, 3.8) is 0 Å². The van der Waals surface area contributed by atoms with Crippen LogP contribution in [0.25, 0.3) is 22.2 Å². The number of hydrogen-bond donors (Lipinski definition) is 1. The Morgan fingerprint density at radius 2 is 1.27 bits per heavy atom. The number of para-hydroxylation sites is 2. The Balaban J connectivity index is 1.47. The van der Waals surface area contributed by atoms with Gasteiger partial charge in [-0.25, -0.2) is 0 Å². The van der Waals surface area contributed by atoms with E-state index in [-0.39, 0.29) is 17.9 Å². The number of halogens is 1. The standard InChI is InChI=1S/C28H22ClN3O/c29-24-11-5-4-10-23(24)18-31-25-12-6-7-13-26(25)32(28(31)30)19-27(33)22-16-14-21(15-17-22)20-8-2-1-3-9-20/h1-17,30H,18-19H2. The minimum atomic E-state index is -0.0336. The molecule has 1 N–H and O–H groups in total. The van der Waals surface area contributed by atoms with Crippen molar-refractivity contribution in [2.45, 2.75) is 13.1 Å². The number of nitrogens with zero attached hydrogens (tertiary/aromatic N) is 2. The summed E-state index contributed by atoms with van der Waals surface area (Å²) in [6.07, 6.45) is 0. The van der Waals surface area contributed by atoms with Crippen LogP contribution >= 0.6 is 11.6 Å². The van der Waals surface area contributed by atoms with Gasteiger partial charge in [0.05, 0.1) is 24.1 Å². The smallest absolute Gasteiger partial charge is 0.203 e. The Kier molecular flexibility index (Phi) is 5.68. The van der Waals surface area contributed by atoms with Crippen LogP contribution in [0, 0.1) is 5.41 Å². The van der Waals surface area contributed by atoms with E-state index >= 15 is 0 Å². The molecule has 33 heavy (non-hydrogen) atoms. The molecule has 1 heterocycles. The molecule has 0 atom stereocenters. The van der Waals surface area contributed by atoms with Gasteiger partial charge in [-0.1, -0.05) is 96.5 Å². The summed E-state index contributed by atoms with van der Waals surface area (Å²) in [5.74, 6) is -0.0336. The van der Waals surface area contributed by atoms with Crippen molar-refractivity contribution in [2.24, 2.45) is 0 Å². The van der Waals surface area contributed by atoms with E-state index in [1.54, 1.807) is 4.57 Å². The van der Waals surface area contributed by atoms with Gasteiger partial charge in [-0.3, -0.25) is 10.2 Å². The molecule has 0 radical (unpaired) electrons. The molecule has 0 spiro atoms. The highest BCUT2D eigenvalue weighted by molar-refractivity contribution is 6.31. The lowest BCUT2D eigenvalue weighted by Crippen LogP contribution is -2.27. The zero-order valence-electron chi connectivity index (χ0n) is 17.9. The van der Waals surface area contributed by atoms with Crippen LogP contribution in [0.4, 0.5) is 0 Å². The maximum Gasteiger partial charge on any atom is 0.203 e. The summed E-state index contributed by atoms with van der Waals surface area (Å²) in [5, 5.41) is 9.49. The van der Waals surface area contributed by atoms with Crippen LogP contribution in [0.2, 0.25) is 5.02 Å². The Morgan fingerprint density at radius 3 is 1.97 bits per heavy atom. The molecule has 0 aliphatic carbocycles. The molecular formula is C28H22ClN3O. The van der Waals surface area contributed by atoms with Crippen LogP contribution in [0.1, 0.15) is 15.9 Å². The topological polar surface area (TPSA) is 50.8 Å². The number of hydrogen-bond acceptors (Lipinski definition) is 2. The van der Waals surface area contributed by atoms with Gasteiger partial charge in [-0.15, -0.1) is 0 Å². The van der Waals surface area contributed by atoms with Gasteiger partial charge in [0.1, 0.15) is 0 Å². The first-order valence-corrected chi connectivity index (χ1v) is 11.1. The molecule has 4 aromatic carbocycles. The van der Waals surface area contributed by atoms with Crippen LogP contribution in [0.5, 0.6) is 0 Å². The molecule has 0 unspecified atom stereocenters. The van der Waals surface area contributed by atoms with Crippen LogP contribution in [0.3, 0.4) is 0 Å². The molecule has 0 aliphatic rings. The SMILES string of the molecule is N=c1n(CC(=O)c2ccc(-c3ccccc3)cc2)c2ccccc2n1Cc1ccccc1Cl. The molecule has 5 rings (SSSR count). The second kappa shape index (κ2) is 8.93. The van der Waals surface area contributed by atoms with Gasteiger partial charge in [0.25, 0.3) is 0 Å². The molecular weight excluding hydrogens is 430 g/mol. The number of carbonyl (C=O) groups excluding carboxylic acids is 1. The van der Waals surface area contributed by atoms with Crippen molar-refractivity contribution in [1.29, 1.82) is 5.41 Å². The monoisotopic (exact) mass is 451 g/mol. The zero-order valence-corrected chi connectivity index (χ0v) is 18.7. The van der Waals surface area contributed by atoms with Crippen molar-refractivity contribution in [1.82, 2.24) is 9.13 Å². The normalized spacial score (nSPS) is 11.1.